The highest BCUT2D eigenvalue weighted by Gasteiger charge is 2.24. The van der Waals surface area contributed by atoms with E-state index in [0.717, 1.165) is 10.6 Å². The molecule has 0 aliphatic carbocycles. The van der Waals surface area contributed by atoms with Crippen LogP contribution in [-0.2, 0) is 4.79 Å². The van der Waals surface area contributed by atoms with E-state index in [1.165, 1.54) is 11.3 Å². The number of nitrogens with one attached hydrogen (secondary N) is 1. The first kappa shape index (κ1) is 19.8. The van der Waals surface area contributed by atoms with Crippen LogP contribution in [0.15, 0.2) is 54.0 Å². The van der Waals surface area contributed by atoms with E-state index in [9.17, 15) is 9.59 Å². The summed E-state index contributed by atoms with van der Waals surface area (Å²) in [5.41, 5.74) is 2.00. The van der Waals surface area contributed by atoms with Gasteiger partial charge >= 0.3 is 0 Å². The van der Waals surface area contributed by atoms with Crippen molar-refractivity contribution in [2.75, 3.05) is 13.1 Å². The Morgan fingerprint density at radius 2 is 1.93 bits per heavy atom. The van der Waals surface area contributed by atoms with Gasteiger partial charge in [0.05, 0.1) is 22.7 Å². The Morgan fingerprint density at radius 3 is 2.54 bits per heavy atom. The SMILES string of the molecule is CCN(CC(=O)NC(C)C)C(=O)c1cn(-c2ccccc2)nc1-c1cccs1. The number of aromatic nitrogens is 2. The Hall–Kier alpha value is -2.93. The van der Waals surface area contributed by atoms with Gasteiger partial charge in [0.15, 0.2) is 0 Å². The zero-order chi connectivity index (χ0) is 20.1. The van der Waals surface area contributed by atoms with Crippen LogP contribution < -0.4 is 5.32 Å². The number of rotatable bonds is 7. The third kappa shape index (κ3) is 4.48. The molecule has 1 N–H and O–H groups in total. The minimum atomic E-state index is -0.202. The van der Waals surface area contributed by atoms with Gasteiger partial charge in [-0.2, -0.15) is 5.10 Å². The van der Waals surface area contributed by atoms with E-state index in [1.807, 2.05) is 68.6 Å². The molecule has 3 aromatic rings. The third-order valence-electron chi connectivity index (χ3n) is 4.17. The van der Waals surface area contributed by atoms with Crippen LogP contribution in [0.25, 0.3) is 16.3 Å². The summed E-state index contributed by atoms with van der Waals surface area (Å²) in [5, 5.41) is 9.46. The number of amides is 2. The lowest BCUT2D eigenvalue weighted by Gasteiger charge is -2.21. The van der Waals surface area contributed by atoms with Gasteiger partial charge in [0.25, 0.3) is 5.91 Å². The molecule has 6 nitrogen and oxygen atoms in total. The highest BCUT2D eigenvalue weighted by Crippen LogP contribution is 2.28. The summed E-state index contributed by atoms with van der Waals surface area (Å²) >= 11 is 1.53. The average Bonchev–Trinajstić information content (AvgIpc) is 3.35. The number of carbonyl (C=O) groups is 2. The van der Waals surface area contributed by atoms with Gasteiger partial charge in [-0.25, -0.2) is 4.68 Å². The van der Waals surface area contributed by atoms with Crippen molar-refractivity contribution < 1.29 is 9.59 Å². The van der Waals surface area contributed by atoms with Crippen LogP contribution in [0.3, 0.4) is 0 Å². The molecule has 0 aliphatic rings. The van der Waals surface area contributed by atoms with Gasteiger partial charge in [0.1, 0.15) is 5.69 Å². The van der Waals surface area contributed by atoms with E-state index in [1.54, 1.807) is 15.8 Å². The van der Waals surface area contributed by atoms with Gasteiger partial charge in [0, 0.05) is 18.8 Å². The van der Waals surface area contributed by atoms with Crippen molar-refractivity contribution >= 4 is 23.2 Å². The Labute approximate surface area is 168 Å². The zero-order valence-corrected chi connectivity index (χ0v) is 17.1. The second-order valence-electron chi connectivity index (χ2n) is 6.69. The van der Waals surface area contributed by atoms with Crippen molar-refractivity contribution in [2.45, 2.75) is 26.8 Å². The highest BCUT2D eigenvalue weighted by atomic mass is 32.1. The number of thiophene rings is 1. The number of likely N-dealkylation sites (N-methyl/N-ethyl adjacent to an activating group) is 1. The molecule has 0 saturated carbocycles. The van der Waals surface area contributed by atoms with E-state index in [-0.39, 0.29) is 24.4 Å². The molecule has 2 heterocycles. The van der Waals surface area contributed by atoms with Crippen LogP contribution in [0.1, 0.15) is 31.1 Å². The molecule has 0 unspecified atom stereocenters. The van der Waals surface area contributed by atoms with Crippen molar-refractivity contribution in [3.05, 3.63) is 59.6 Å². The van der Waals surface area contributed by atoms with Crippen molar-refractivity contribution in [3.63, 3.8) is 0 Å². The monoisotopic (exact) mass is 396 g/mol. The second kappa shape index (κ2) is 8.84. The lowest BCUT2D eigenvalue weighted by molar-refractivity contribution is -0.122. The van der Waals surface area contributed by atoms with E-state index in [0.29, 0.717) is 17.8 Å². The molecule has 146 valence electrons. The number of carbonyl (C=O) groups excluding carboxylic acids is 2. The molecule has 7 heteroatoms. The van der Waals surface area contributed by atoms with Crippen molar-refractivity contribution in [3.8, 4) is 16.3 Å². The largest absolute Gasteiger partial charge is 0.352 e. The van der Waals surface area contributed by atoms with Crippen LogP contribution in [-0.4, -0.2) is 45.6 Å². The van der Waals surface area contributed by atoms with Crippen molar-refractivity contribution in [2.24, 2.45) is 0 Å². The molecule has 2 amide bonds. The molecule has 0 aliphatic heterocycles. The van der Waals surface area contributed by atoms with E-state index in [2.05, 4.69) is 10.4 Å². The molecule has 0 saturated heterocycles. The Morgan fingerprint density at radius 1 is 1.18 bits per heavy atom. The summed E-state index contributed by atoms with van der Waals surface area (Å²) in [7, 11) is 0. The van der Waals surface area contributed by atoms with Crippen LogP contribution >= 0.6 is 11.3 Å². The van der Waals surface area contributed by atoms with Gasteiger partial charge < -0.3 is 10.2 Å². The van der Waals surface area contributed by atoms with Gasteiger partial charge in [-0.15, -0.1) is 11.3 Å². The molecule has 2 aromatic heterocycles. The molecular weight excluding hydrogens is 372 g/mol. The summed E-state index contributed by atoms with van der Waals surface area (Å²) in [5.74, 6) is -0.370. The number of nitrogens with zero attached hydrogens (tertiary/aromatic N) is 3. The van der Waals surface area contributed by atoms with Gasteiger partial charge in [-0.3, -0.25) is 9.59 Å². The number of hydrogen-bond acceptors (Lipinski definition) is 4. The first-order chi connectivity index (χ1) is 13.5. The first-order valence-electron chi connectivity index (χ1n) is 9.27. The maximum atomic E-state index is 13.3. The maximum absolute atomic E-state index is 13.3. The van der Waals surface area contributed by atoms with Crippen LogP contribution in [0.4, 0.5) is 0 Å². The predicted octanol–water partition coefficient (Wildman–Crippen LogP) is 3.59. The molecule has 0 bridgehead atoms. The number of benzene rings is 1. The third-order valence-corrected chi connectivity index (χ3v) is 5.05. The summed E-state index contributed by atoms with van der Waals surface area (Å²) < 4.78 is 1.71. The molecule has 3 rings (SSSR count). The molecule has 0 fully saturated rings. The summed E-state index contributed by atoms with van der Waals surface area (Å²) in [6.07, 6.45) is 1.75. The zero-order valence-electron chi connectivity index (χ0n) is 16.3. The predicted molar refractivity (Wildman–Crippen MR) is 112 cm³/mol. The highest BCUT2D eigenvalue weighted by molar-refractivity contribution is 7.13. The number of para-hydroxylation sites is 1. The normalized spacial score (nSPS) is 10.9. The lowest BCUT2D eigenvalue weighted by atomic mass is 10.2. The Kier molecular flexibility index (Phi) is 6.26. The maximum Gasteiger partial charge on any atom is 0.258 e. The number of hydrogen-bond donors (Lipinski definition) is 1. The molecular formula is C21H24N4O2S. The van der Waals surface area contributed by atoms with Crippen LogP contribution in [0, 0.1) is 0 Å². The lowest BCUT2D eigenvalue weighted by Crippen LogP contribution is -2.42. The second-order valence-corrected chi connectivity index (χ2v) is 7.64. The van der Waals surface area contributed by atoms with Crippen molar-refractivity contribution in [1.29, 1.82) is 0 Å². The molecule has 0 radical (unpaired) electrons. The van der Waals surface area contributed by atoms with Gasteiger partial charge in [-0.05, 0) is 44.4 Å². The Balaban J connectivity index is 1.95. The Bertz CT molecular complexity index is 933. The molecule has 0 atom stereocenters. The minimum absolute atomic E-state index is 0.0217. The molecule has 1 aromatic carbocycles. The van der Waals surface area contributed by atoms with E-state index >= 15 is 0 Å². The summed E-state index contributed by atoms with van der Waals surface area (Å²) in [4.78, 5) is 27.9. The van der Waals surface area contributed by atoms with Gasteiger partial charge in [-0.1, -0.05) is 24.3 Å². The van der Waals surface area contributed by atoms with E-state index < -0.39 is 0 Å². The van der Waals surface area contributed by atoms with Crippen LogP contribution in [0.2, 0.25) is 0 Å². The smallest absolute Gasteiger partial charge is 0.258 e. The molecule has 0 spiro atoms. The minimum Gasteiger partial charge on any atom is -0.352 e. The first-order valence-corrected chi connectivity index (χ1v) is 10.1. The summed E-state index contributed by atoms with van der Waals surface area (Å²) in [6, 6.07) is 13.6. The quantitative estimate of drug-likeness (QED) is 0.664. The standard InChI is InChI=1S/C21H24N4O2S/c1-4-24(14-19(26)22-15(2)3)21(27)17-13-25(16-9-6-5-7-10-16)23-20(17)18-11-8-12-28-18/h5-13,15H,4,14H2,1-3H3,(H,22,26). The summed E-state index contributed by atoms with van der Waals surface area (Å²) in [6.45, 7) is 6.12. The fraction of sp³-hybridized carbons (Fsp3) is 0.286. The van der Waals surface area contributed by atoms with Crippen LogP contribution in [0.5, 0.6) is 0 Å². The fourth-order valence-corrected chi connectivity index (χ4v) is 3.60. The van der Waals surface area contributed by atoms with Crippen molar-refractivity contribution in [1.82, 2.24) is 20.0 Å². The topological polar surface area (TPSA) is 67.2 Å². The van der Waals surface area contributed by atoms with E-state index in [4.69, 9.17) is 0 Å². The molecule has 28 heavy (non-hydrogen) atoms. The fourth-order valence-electron chi connectivity index (χ4n) is 2.88. The average molecular weight is 397 g/mol. The van der Waals surface area contributed by atoms with Gasteiger partial charge in [0.2, 0.25) is 5.91 Å².